The minimum Gasteiger partial charge on any atom is -0.493 e. The lowest BCUT2D eigenvalue weighted by Gasteiger charge is -2.12. The van der Waals surface area contributed by atoms with Crippen LogP contribution in [0.1, 0.15) is 47.4 Å². The minimum atomic E-state index is -0.951. The molecule has 2 N–H and O–H groups in total. The van der Waals surface area contributed by atoms with Crippen molar-refractivity contribution in [1.29, 1.82) is 0 Å². The topological polar surface area (TPSA) is 110 Å². The first-order valence-electron chi connectivity index (χ1n) is 11.0. The highest BCUT2D eigenvalue weighted by Crippen LogP contribution is 2.30. The van der Waals surface area contributed by atoms with Crippen LogP contribution >= 0.6 is 0 Å². The number of H-pyrrole nitrogens is 1. The molecule has 0 radical (unpaired) electrons. The minimum absolute atomic E-state index is 0.246. The number of carboxylic acid groups (broad SMARTS) is 1. The molecule has 0 atom stereocenters. The van der Waals surface area contributed by atoms with E-state index in [0.717, 1.165) is 29.7 Å². The zero-order chi connectivity index (χ0) is 23.5. The summed E-state index contributed by atoms with van der Waals surface area (Å²) in [5.41, 5.74) is 4.52. The van der Waals surface area contributed by atoms with Gasteiger partial charge in [-0.2, -0.15) is 5.10 Å². The molecule has 0 aliphatic carbocycles. The van der Waals surface area contributed by atoms with Crippen molar-refractivity contribution in [2.24, 2.45) is 7.05 Å². The first-order chi connectivity index (χ1) is 15.9. The van der Waals surface area contributed by atoms with Crippen LogP contribution in [0.5, 0.6) is 5.75 Å². The van der Waals surface area contributed by atoms with E-state index in [1.54, 1.807) is 36.0 Å². The van der Waals surface area contributed by atoms with Crippen LogP contribution < -0.4 is 10.3 Å². The second-order valence-electron chi connectivity index (χ2n) is 7.87. The molecule has 0 unspecified atom stereocenters. The number of nitrogens with one attached hydrogen (secondary N) is 1. The number of ether oxygens (including phenoxy) is 1. The molecule has 8 nitrogen and oxygen atoms in total. The summed E-state index contributed by atoms with van der Waals surface area (Å²) < 4.78 is 7.41. The van der Waals surface area contributed by atoms with Gasteiger partial charge in [0.15, 0.2) is 5.52 Å². The van der Waals surface area contributed by atoms with Crippen LogP contribution in [-0.4, -0.2) is 37.4 Å². The third kappa shape index (κ3) is 4.50. The number of aryl methyl sites for hydroxylation is 2. The molecule has 2 heterocycles. The number of fused-ring (bicyclic) bond motifs is 1. The van der Waals surface area contributed by atoms with Crippen molar-refractivity contribution in [2.45, 2.75) is 33.1 Å². The number of hydrogen-bond acceptors (Lipinski definition) is 5. The highest BCUT2D eigenvalue weighted by molar-refractivity contribution is 5.87. The van der Waals surface area contributed by atoms with Gasteiger partial charge >= 0.3 is 5.97 Å². The zero-order valence-corrected chi connectivity index (χ0v) is 18.9. The Morgan fingerprint density at radius 3 is 2.52 bits per heavy atom. The molecular formula is C25H26N4O4. The van der Waals surface area contributed by atoms with Gasteiger partial charge in [-0.05, 0) is 55.2 Å². The molecule has 0 amide bonds. The summed E-state index contributed by atoms with van der Waals surface area (Å²) in [4.78, 5) is 31.7. The van der Waals surface area contributed by atoms with Crippen molar-refractivity contribution in [1.82, 2.24) is 19.7 Å². The molecule has 0 fully saturated rings. The Balaban J connectivity index is 1.78. The molecular weight excluding hydrogens is 420 g/mol. The summed E-state index contributed by atoms with van der Waals surface area (Å²) in [6.07, 6.45) is 2.23. The van der Waals surface area contributed by atoms with E-state index in [4.69, 9.17) is 14.8 Å². The number of aromatic carboxylic acids is 1. The van der Waals surface area contributed by atoms with E-state index in [0.29, 0.717) is 41.2 Å². The van der Waals surface area contributed by atoms with E-state index in [2.05, 4.69) is 17.0 Å². The highest BCUT2D eigenvalue weighted by atomic mass is 16.5. The van der Waals surface area contributed by atoms with Gasteiger partial charge in [0.05, 0.1) is 23.4 Å². The first kappa shape index (κ1) is 22.3. The fourth-order valence-electron chi connectivity index (χ4n) is 3.93. The third-order valence-corrected chi connectivity index (χ3v) is 5.46. The summed E-state index contributed by atoms with van der Waals surface area (Å²) >= 11 is 0. The summed E-state index contributed by atoms with van der Waals surface area (Å²) in [5, 5.41) is 13.6. The Morgan fingerprint density at radius 2 is 1.85 bits per heavy atom. The Bertz CT molecular complexity index is 1370. The lowest BCUT2D eigenvalue weighted by molar-refractivity contribution is 0.0697. The molecule has 0 saturated heterocycles. The molecule has 2 aromatic heterocycles. The molecule has 0 bridgehead atoms. The molecule has 8 heteroatoms. The Labute approximate surface area is 190 Å². The average Bonchev–Trinajstić information content (AvgIpc) is 3.11. The Hall–Kier alpha value is -3.94. The van der Waals surface area contributed by atoms with Gasteiger partial charge in [0.25, 0.3) is 5.56 Å². The van der Waals surface area contributed by atoms with Gasteiger partial charge in [0.1, 0.15) is 17.1 Å². The maximum Gasteiger partial charge on any atom is 0.335 e. The van der Waals surface area contributed by atoms with Gasteiger partial charge in [0.2, 0.25) is 0 Å². The Morgan fingerprint density at radius 1 is 1.12 bits per heavy atom. The number of aromatic nitrogens is 4. The monoisotopic (exact) mass is 446 g/mol. The predicted molar refractivity (Wildman–Crippen MR) is 126 cm³/mol. The second-order valence-corrected chi connectivity index (χ2v) is 7.87. The fourth-order valence-corrected chi connectivity index (χ4v) is 3.93. The Kier molecular flexibility index (Phi) is 6.26. The number of aromatic amines is 1. The number of carbonyl (C=O) groups is 1. The average molecular weight is 447 g/mol. The molecule has 0 aliphatic heterocycles. The summed E-state index contributed by atoms with van der Waals surface area (Å²) in [6, 6.07) is 12.6. The van der Waals surface area contributed by atoms with Gasteiger partial charge in [-0.3, -0.25) is 9.48 Å². The molecule has 0 saturated carbocycles. The van der Waals surface area contributed by atoms with E-state index in [1.807, 2.05) is 25.1 Å². The number of nitrogens with zero attached hydrogens (tertiary/aromatic N) is 3. The molecule has 4 rings (SSSR count). The third-order valence-electron chi connectivity index (χ3n) is 5.46. The maximum atomic E-state index is 12.9. The molecule has 33 heavy (non-hydrogen) atoms. The van der Waals surface area contributed by atoms with Crippen molar-refractivity contribution in [2.75, 3.05) is 6.61 Å². The quantitative estimate of drug-likeness (QED) is 0.424. The van der Waals surface area contributed by atoms with Crippen LogP contribution in [0.4, 0.5) is 0 Å². The van der Waals surface area contributed by atoms with E-state index in [9.17, 15) is 9.59 Å². The van der Waals surface area contributed by atoms with Crippen LogP contribution in [0.15, 0.2) is 47.3 Å². The van der Waals surface area contributed by atoms with Crippen LogP contribution in [0.2, 0.25) is 0 Å². The van der Waals surface area contributed by atoms with E-state index in [-0.39, 0.29) is 11.1 Å². The van der Waals surface area contributed by atoms with Gasteiger partial charge in [0, 0.05) is 7.05 Å². The van der Waals surface area contributed by atoms with Crippen molar-refractivity contribution in [3.05, 3.63) is 75.2 Å². The van der Waals surface area contributed by atoms with Gasteiger partial charge in [-0.1, -0.05) is 31.5 Å². The molecule has 0 aliphatic rings. The van der Waals surface area contributed by atoms with Crippen LogP contribution in [0.25, 0.3) is 22.4 Å². The van der Waals surface area contributed by atoms with E-state index < -0.39 is 5.97 Å². The number of hydrogen-bond donors (Lipinski definition) is 2. The van der Waals surface area contributed by atoms with Crippen molar-refractivity contribution < 1.29 is 14.6 Å². The molecule has 4 aromatic rings. The summed E-state index contributed by atoms with van der Waals surface area (Å²) in [6.45, 7) is 4.44. The van der Waals surface area contributed by atoms with Crippen molar-refractivity contribution >= 4 is 17.0 Å². The number of rotatable bonds is 8. The maximum absolute atomic E-state index is 12.9. The predicted octanol–water partition coefficient (Wildman–Crippen LogP) is 3.96. The van der Waals surface area contributed by atoms with Crippen LogP contribution in [0.3, 0.4) is 0 Å². The van der Waals surface area contributed by atoms with Gasteiger partial charge in [-0.25, -0.2) is 9.78 Å². The number of benzene rings is 2. The van der Waals surface area contributed by atoms with Gasteiger partial charge in [-0.15, -0.1) is 0 Å². The summed E-state index contributed by atoms with van der Waals surface area (Å²) in [7, 11) is 1.75. The lowest BCUT2D eigenvalue weighted by Crippen LogP contribution is -2.13. The summed E-state index contributed by atoms with van der Waals surface area (Å²) in [5.74, 6) is 0.114. The van der Waals surface area contributed by atoms with Gasteiger partial charge < -0.3 is 14.8 Å². The normalized spacial score (nSPS) is 11.1. The highest BCUT2D eigenvalue weighted by Gasteiger charge is 2.18. The van der Waals surface area contributed by atoms with Crippen molar-refractivity contribution in [3.63, 3.8) is 0 Å². The molecule has 2 aromatic carbocycles. The first-order valence-corrected chi connectivity index (χ1v) is 11.0. The lowest BCUT2D eigenvalue weighted by atomic mass is 10.0. The van der Waals surface area contributed by atoms with E-state index in [1.165, 1.54) is 0 Å². The van der Waals surface area contributed by atoms with E-state index >= 15 is 0 Å². The molecule has 0 spiro atoms. The largest absolute Gasteiger partial charge is 0.493 e. The molecule has 170 valence electrons. The van der Waals surface area contributed by atoms with Crippen LogP contribution in [-0.2, 0) is 19.9 Å². The smallest absolute Gasteiger partial charge is 0.335 e. The zero-order valence-electron chi connectivity index (χ0n) is 18.9. The van der Waals surface area contributed by atoms with Crippen LogP contribution in [0, 0.1) is 0 Å². The standard InChI is InChI=1S/C25H26N4O4/c1-4-6-19-21-22(29(3)28-19)24(30)27-23(26-21)18-14-16(9-12-20(18)33-5-2)13-15-7-10-17(11-8-15)25(31)32/h7-12,14H,4-6,13H2,1-3H3,(H,31,32)(H,26,27,30). The SMILES string of the molecule is CCCc1nn(C)c2c(=O)[nH]c(-c3cc(Cc4ccc(C(=O)O)cc4)ccc3OCC)nc12. The fraction of sp³-hybridized carbons (Fsp3) is 0.280. The van der Waals surface area contributed by atoms with Crippen molar-refractivity contribution in [3.8, 4) is 17.1 Å². The second kappa shape index (κ2) is 9.28. The number of carboxylic acids is 1.